The fourth-order valence-electron chi connectivity index (χ4n) is 4.88. The first-order valence-electron chi connectivity index (χ1n) is 10.3. The lowest BCUT2D eigenvalue weighted by atomic mass is 9.79. The molecule has 2 aliphatic heterocycles. The molecule has 0 radical (unpaired) electrons. The Bertz CT molecular complexity index is 699. The van der Waals surface area contributed by atoms with Crippen molar-refractivity contribution in [2.45, 2.75) is 50.1 Å². The van der Waals surface area contributed by atoms with Gasteiger partial charge in [-0.1, -0.05) is 30.3 Å². The van der Waals surface area contributed by atoms with Gasteiger partial charge in [-0.2, -0.15) is 5.26 Å². The minimum atomic E-state index is -0.0106. The summed E-state index contributed by atoms with van der Waals surface area (Å²) in [5, 5.41) is 13.1. The molecular formula is C22H30N4O. The monoisotopic (exact) mass is 366 g/mol. The Labute approximate surface area is 162 Å². The van der Waals surface area contributed by atoms with E-state index in [1.807, 2.05) is 4.90 Å². The number of rotatable bonds is 6. The molecule has 144 valence electrons. The van der Waals surface area contributed by atoms with Crippen LogP contribution in [0.5, 0.6) is 0 Å². The second-order valence-electron chi connectivity index (χ2n) is 8.60. The summed E-state index contributed by atoms with van der Waals surface area (Å²) in [5.74, 6) is 1.52. The maximum atomic E-state index is 11.6. The van der Waals surface area contributed by atoms with Gasteiger partial charge in [0.15, 0.2) is 0 Å². The van der Waals surface area contributed by atoms with E-state index in [2.05, 4.69) is 46.6 Å². The van der Waals surface area contributed by atoms with Crippen LogP contribution in [0.3, 0.4) is 0 Å². The van der Waals surface area contributed by atoms with Crippen LogP contribution in [0.25, 0.3) is 0 Å². The number of likely N-dealkylation sites (tertiary alicyclic amines) is 2. The highest BCUT2D eigenvalue weighted by Crippen LogP contribution is 2.41. The van der Waals surface area contributed by atoms with Crippen LogP contribution in [0.2, 0.25) is 0 Å². The summed E-state index contributed by atoms with van der Waals surface area (Å²) < 4.78 is 0. The number of carbonyl (C=O) groups excluding carboxylic acids is 1. The molecule has 1 N–H and O–H groups in total. The van der Waals surface area contributed by atoms with Crippen molar-refractivity contribution in [1.82, 2.24) is 15.1 Å². The molecule has 3 fully saturated rings. The lowest BCUT2D eigenvalue weighted by Crippen LogP contribution is -2.64. The number of nitrogens with zero attached hydrogens (tertiary/aromatic N) is 3. The molecule has 1 saturated carbocycles. The van der Waals surface area contributed by atoms with Crippen molar-refractivity contribution in [3.8, 4) is 6.07 Å². The van der Waals surface area contributed by atoms with E-state index in [-0.39, 0.29) is 11.4 Å². The molecule has 1 aromatic carbocycles. The molecule has 2 unspecified atom stereocenters. The van der Waals surface area contributed by atoms with Crippen LogP contribution < -0.4 is 5.32 Å². The van der Waals surface area contributed by atoms with E-state index in [0.29, 0.717) is 24.3 Å². The maximum Gasteiger partial charge on any atom is 0.219 e. The molecule has 2 atom stereocenters. The van der Waals surface area contributed by atoms with Crippen LogP contribution in [0.4, 0.5) is 0 Å². The summed E-state index contributed by atoms with van der Waals surface area (Å²) in [6.45, 7) is 6.46. The van der Waals surface area contributed by atoms with E-state index in [1.54, 1.807) is 6.92 Å². The number of nitriles is 1. The van der Waals surface area contributed by atoms with Crippen molar-refractivity contribution < 1.29 is 4.79 Å². The Morgan fingerprint density at radius 3 is 2.59 bits per heavy atom. The van der Waals surface area contributed by atoms with Crippen molar-refractivity contribution in [2.75, 3.05) is 32.7 Å². The van der Waals surface area contributed by atoms with Gasteiger partial charge in [0, 0.05) is 57.1 Å². The maximum absolute atomic E-state index is 11.6. The van der Waals surface area contributed by atoms with Crippen molar-refractivity contribution in [2.24, 2.45) is 5.92 Å². The van der Waals surface area contributed by atoms with E-state index in [0.717, 1.165) is 45.6 Å². The SMILES string of the molecule is CC(=O)N1CCC(CC#N)(N2CC(CNC3CC3c3ccccc3)C2)CC1. The summed E-state index contributed by atoms with van der Waals surface area (Å²) >= 11 is 0. The van der Waals surface area contributed by atoms with Crippen LogP contribution in [-0.4, -0.2) is 60.0 Å². The average Bonchev–Trinajstić information content (AvgIpc) is 3.41. The summed E-state index contributed by atoms with van der Waals surface area (Å²) in [4.78, 5) is 16.0. The summed E-state index contributed by atoms with van der Waals surface area (Å²) in [6, 6.07) is 13.8. The van der Waals surface area contributed by atoms with Crippen LogP contribution in [-0.2, 0) is 4.79 Å². The first-order valence-corrected chi connectivity index (χ1v) is 10.3. The van der Waals surface area contributed by atoms with Gasteiger partial charge in [0.1, 0.15) is 0 Å². The molecule has 1 aromatic rings. The van der Waals surface area contributed by atoms with Gasteiger partial charge >= 0.3 is 0 Å². The van der Waals surface area contributed by atoms with Gasteiger partial charge in [-0.05, 0) is 30.7 Å². The third-order valence-corrected chi connectivity index (χ3v) is 6.86. The number of hydrogen-bond donors (Lipinski definition) is 1. The third kappa shape index (κ3) is 3.88. The molecule has 0 aromatic heterocycles. The number of carbonyl (C=O) groups is 1. The van der Waals surface area contributed by atoms with E-state index in [4.69, 9.17) is 0 Å². The van der Waals surface area contributed by atoms with Gasteiger partial charge in [-0.15, -0.1) is 0 Å². The third-order valence-electron chi connectivity index (χ3n) is 6.86. The van der Waals surface area contributed by atoms with Crippen LogP contribution in [0.1, 0.15) is 44.1 Å². The highest BCUT2D eigenvalue weighted by atomic mass is 16.2. The predicted molar refractivity (Wildman–Crippen MR) is 105 cm³/mol. The van der Waals surface area contributed by atoms with Gasteiger partial charge in [-0.25, -0.2) is 0 Å². The van der Waals surface area contributed by atoms with E-state index >= 15 is 0 Å². The molecular weight excluding hydrogens is 336 g/mol. The average molecular weight is 367 g/mol. The Balaban J connectivity index is 1.23. The second kappa shape index (κ2) is 7.61. The molecule has 2 saturated heterocycles. The molecule has 5 heteroatoms. The number of benzene rings is 1. The molecule has 3 aliphatic rings. The minimum absolute atomic E-state index is 0.0106. The Kier molecular flexibility index (Phi) is 5.21. The highest BCUT2D eigenvalue weighted by Gasteiger charge is 2.46. The fraction of sp³-hybridized carbons (Fsp3) is 0.636. The minimum Gasteiger partial charge on any atom is -0.343 e. The van der Waals surface area contributed by atoms with Gasteiger partial charge in [0.2, 0.25) is 5.91 Å². The topological polar surface area (TPSA) is 59.4 Å². The highest BCUT2D eigenvalue weighted by molar-refractivity contribution is 5.73. The number of amides is 1. The van der Waals surface area contributed by atoms with Crippen LogP contribution in [0, 0.1) is 17.2 Å². The molecule has 0 bridgehead atoms. The van der Waals surface area contributed by atoms with Crippen molar-refractivity contribution in [3.63, 3.8) is 0 Å². The molecule has 5 nitrogen and oxygen atoms in total. The standard InChI is InChI=1S/C22H30N4O/c1-17(27)25-11-8-22(7-10-23,9-12-25)26-15-18(16-26)14-24-21-13-20(21)19-5-3-2-4-6-19/h2-6,18,20-21,24H,7-9,11-16H2,1H3. The van der Waals surface area contributed by atoms with Crippen LogP contribution in [0.15, 0.2) is 30.3 Å². The molecule has 27 heavy (non-hydrogen) atoms. The van der Waals surface area contributed by atoms with Crippen molar-refractivity contribution in [1.29, 1.82) is 5.26 Å². The normalized spacial score (nSPS) is 27.6. The smallest absolute Gasteiger partial charge is 0.219 e. The number of hydrogen-bond acceptors (Lipinski definition) is 4. The first-order chi connectivity index (χ1) is 13.1. The van der Waals surface area contributed by atoms with Crippen LogP contribution >= 0.6 is 0 Å². The zero-order chi connectivity index (χ0) is 18.9. The summed E-state index contributed by atoms with van der Waals surface area (Å²) in [5.41, 5.74) is 1.44. The quantitative estimate of drug-likeness (QED) is 0.840. The van der Waals surface area contributed by atoms with Gasteiger partial charge < -0.3 is 10.2 Å². The Morgan fingerprint density at radius 1 is 1.26 bits per heavy atom. The molecule has 4 rings (SSSR count). The predicted octanol–water partition coefficient (Wildman–Crippen LogP) is 2.36. The largest absolute Gasteiger partial charge is 0.343 e. The second-order valence-corrected chi connectivity index (χ2v) is 8.60. The molecule has 2 heterocycles. The summed E-state index contributed by atoms with van der Waals surface area (Å²) in [6.07, 6.45) is 3.69. The van der Waals surface area contributed by atoms with Gasteiger partial charge in [0.25, 0.3) is 0 Å². The molecule has 1 amide bonds. The first kappa shape index (κ1) is 18.5. The lowest BCUT2D eigenvalue weighted by molar-refractivity contribution is -0.133. The van der Waals surface area contributed by atoms with Gasteiger partial charge in [-0.3, -0.25) is 9.69 Å². The molecule has 0 spiro atoms. The molecule has 1 aliphatic carbocycles. The van der Waals surface area contributed by atoms with E-state index in [9.17, 15) is 10.1 Å². The zero-order valence-corrected chi connectivity index (χ0v) is 16.2. The van der Waals surface area contributed by atoms with Gasteiger partial charge in [0.05, 0.1) is 12.5 Å². The fourth-order valence-corrected chi connectivity index (χ4v) is 4.88. The Morgan fingerprint density at radius 2 is 1.96 bits per heavy atom. The van der Waals surface area contributed by atoms with E-state index in [1.165, 1.54) is 12.0 Å². The number of nitrogens with one attached hydrogen (secondary N) is 1. The van der Waals surface area contributed by atoms with Crippen molar-refractivity contribution >= 4 is 5.91 Å². The van der Waals surface area contributed by atoms with Crippen molar-refractivity contribution in [3.05, 3.63) is 35.9 Å². The lowest BCUT2D eigenvalue weighted by Gasteiger charge is -2.54. The zero-order valence-electron chi connectivity index (χ0n) is 16.2. The number of piperidine rings is 1. The Hall–Kier alpha value is -1.90. The van der Waals surface area contributed by atoms with E-state index < -0.39 is 0 Å². The summed E-state index contributed by atoms with van der Waals surface area (Å²) in [7, 11) is 0.